The second-order valence-electron chi connectivity index (χ2n) is 4.49. The van der Waals surface area contributed by atoms with Gasteiger partial charge in [-0.3, -0.25) is 0 Å². The maximum Gasteiger partial charge on any atom is 0.0889 e. The van der Waals surface area contributed by atoms with Crippen LogP contribution in [0.1, 0.15) is 23.3 Å². The number of rotatable bonds is 8. The van der Waals surface area contributed by atoms with Crippen LogP contribution >= 0.6 is 31.4 Å². The molecule has 0 aliphatic heterocycles. The quantitative estimate of drug-likeness (QED) is 0.548. The van der Waals surface area contributed by atoms with Gasteiger partial charge in [0.05, 0.1) is 12.2 Å². The maximum atomic E-state index is 10.0. The average molecular weight is 339 g/mol. The third kappa shape index (κ3) is 5.96. The molecule has 21 heavy (non-hydrogen) atoms. The fraction of sp³-hybridized carbons (Fsp3) is 0.250. The Morgan fingerprint density at radius 1 is 0.667 bits per heavy atom. The topological polar surface area (TPSA) is 40.5 Å². The summed E-state index contributed by atoms with van der Waals surface area (Å²) in [6, 6.07) is 19.3. The van der Waals surface area contributed by atoms with Crippen molar-refractivity contribution < 1.29 is 10.2 Å². The lowest BCUT2D eigenvalue weighted by Crippen LogP contribution is -1.99. The minimum atomic E-state index is -0.441. The Morgan fingerprint density at radius 2 is 1.05 bits per heavy atom. The van der Waals surface area contributed by atoms with E-state index in [2.05, 4.69) is 0 Å². The molecule has 2 rings (SSSR count). The zero-order valence-corrected chi connectivity index (χ0v) is 13.9. The van der Waals surface area contributed by atoms with E-state index < -0.39 is 12.2 Å². The first-order valence-corrected chi connectivity index (χ1v) is 10.5. The third-order valence-electron chi connectivity index (χ3n) is 2.92. The Balaban J connectivity index is 1.62. The molecule has 2 atom stereocenters. The smallest absolute Gasteiger partial charge is 0.0889 e. The highest BCUT2D eigenvalue weighted by molar-refractivity contribution is 9.09. The van der Waals surface area contributed by atoms with Gasteiger partial charge in [-0.15, -0.1) is 0 Å². The van der Waals surface area contributed by atoms with Crippen molar-refractivity contribution in [1.29, 1.82) is 0 Å². The molecule has 5 heteroatoms. The molecule has 2 nitrogen and oxygen atoms in total. The van der Waals surface area contributed by atoms with Crippen molar-refractivity contribution in [2.75, 3.05) is 11.5 Å². The Bertz CT molecular complexity index is 460. The Labute approximate surface area is 137 Å². The summed E-state index contributed by atoms with van der Waals surface area (Å²) in [5.41, 5.74) is 1.89. The van der Waals surface area contributed by atoms with Crippen molar-refractivity contribution in [1.82, 2.24) is 0 Å². The van der Waals surface area contributed by atoms with E-state index in [1.54, 1.807) is 31.4 Å². The number of hydrogen-bond acceptors (Lipinski definition) is 5. The van der Waals surface area contributed by atoms with Crippen molar-refractivity contribution in [3.63, 3.8) is 0 Å². The van der Waals surface area contributed by atoms with Crippen LogP contribution < -0.4 is 0 Å². The van der Waals surface area contributed by atoms with E-state index in [0.29, 0.717) is 11.5 Å². The summed E-state index contributed by atoms with van der Waals surface area (Å²) in [6.07, 6.45) is -0.883. The average Bonchev–Trinajstić information content (AvgIpc) is 2.55. The van der Waals surface area contributed by atoms with Crippen LogP contribution in [0.4, 0.5) is 0 Å². The minimum absolute atomic E-state index is 0.441. The molecule has 0 heterocycles. The van der Waals surface area contributed by atoms with Gasteiger partial charge in [-0.05, 0) is 21.0 Å². The maximum absolute atomic E-state index is 10.0. The summed E-state index contributed by atoms with van der Waals surface area (Å²) in [7, 11) is 4.84. The highest BCUT2D eigenvalue weighted by Gasteiger charge is 2.09. The van der Waals surface area contributed by atoms with Crippen LogP contribution in [0.3, 0.4) is 0 Å². The molecule has 2 aromatic carbocycles. The highest BCUT2D eigenvalue weighted by Crippen LogP contribution is 2.38. The van der Waals surface area contributed by atoms with Gasteiger partial charge in [-0.2, -0.15) is 0 Å². The van der Waals surface area contributed by atoms with Gasteiger partial charge in [-0.1, -0.05) is 82.3 Å². The first-order valence-electron chi connectivity index (χ1n) is 6.64. The van der Waals surface area contributed by atoms with Crippen molar-refractivity contribution in [3.05, 3.63) is 71.8 Å². The van der Waals surface area contributed by atoms with E-state index in [-0.39, 0.29) is 0 Å². The van der Waals surface area contributed by atoms with Crippen molar-refractivity contribution in [2.45, 2.75) is 12.2 Å². The number of benzene rings is 2. The Kier molecular flexibility index (Phi) is 7.53. The first kappa shape index (κ1) is 16.8. The van der Waals surface area contributed by atoms with Gasteiger partial charge in [0, 0.05) is 11.5 Å². The summed E-state index contributed by atoms with van der Waals surface area (Å²) < 4.78 is 0. The van der Waals surface area contributed by atoms with Gasteiger partial charge in [0.2, 0.25) is 0 Å². The fourth-order valence-electron chi connectivity index (χ4n) is 1.76. The van der Waals surface area contributed by atoms with Crippen LogP contribution in [-0.2, 0) is 0 Å². The van der Waals surface area contributed by atoms with Crippen LogP contribution in [0.15, 0.2) is 60.7 Å². The Hall–Kier alpha value is -0.590. The normalized spacial score (nSPS) is 13.8. The summed E-state index contributed by atoms with van der Waals surface area (Å²) in [6.45, 7) is 0. The van der Waals surface area contributed by atoms with Crippen molar-refractivity contribution >= 4 is 31.4 Å². The summed E-state index contributed by atoms with van der Waals surface area (Å²) in [4.78, 5) is 0. The van der Waals surface area contributed by atoms with Gasteiger partial charge < -0.3 is 10.2 Å². The van der Waals surface area contributed by atoms with Gasteiger partial charge in [-0.25, -0.2) is 0 Å². The molecule has 112 valence electrons. The molecule has 0 aromatic heterocycles. The second-order valence-corrected chi connectivity index (χ2v) is 8.81. The summed E-state index contributed by atoms with van der Waals surface area (Å²) >= 11 is 0. The SMILES string of the molecule is OC(CSSSCC(O)c1ccccc1)c1ccccc1. The van der Waals surface area contributed by atoms with E-state index >= 15 is 0 Å². The molecule has 0 saturated carbocycles. The van der Waals surface area contributed by atoms with Gasteiger partial charge in [0.25, 0.3) is 0 Å². The largest absolute Gasteiger partial charge is 0.388 e. The van der Waals surface area contributed by atoms with E-state index in [1.165, 1.54) is 0 Å². The van der Waals surface area contributed by atoms with Crippen LogP contribution in [0.5, 0.6) is 0 Å². The molecule has 0 fully saturated rings. The summed E-state index contributed by atoms with van der Waals surface area (Å²) in [5, 5.41) is 20.0. The number of hydrogen-bond donors (Lipinski definition) is 2. The lowest BCUT2D eigenvalue weighted by atomic mass is 10.1. The molecule has 0 aliphatic carbocycles. The Morgan fingerprint density at radius 3 is 1.43 bits per heavy atom. The molecule has 2 unspecified atom stereocenters. The van der Waals surface area contributed by atoms with Crippen LogP contribution in [0.25, 0.3) is 0 Å². The van der Waals surface area contributed by atoms with Crippen molar-refractivity contribution in [3.8, 4) is 0 Å². The third-order valence-corrected chi connectivity index (χ3v) is 7.14. The number of aliphatic hydroxyl groups excluding tert-OH is 2. The highest BCUT2D eigenvalue weighted by atomic mass is 33.5. The predicted octanol–water partition coefficient (Wildman–Crippen LogP) is 4.48. The molecule has 0 aliphatic rings. The zero-order valence-electron chi connectivity index (χ0n) is 11.5. The standard InChI is InChI=1S/C16H18O2S3/c17-15(13-7-3-1-4-8-13)11-19-21-20-12-16(18)14-9-5-2-6-10-14/h1-10,15-18H,11-12H2. The van der Waals surface area contributed by atoms with Crippen LogP contribution in [0.2, 0.25) is 0 Å². The van der Waals surface area contributed by atoms with Crippen molar-refractivity contribution in [2.24, 2.45) is 0 Å². The minimum Gasteiger partial charge on any atom is -0.388 e. The van der Waals surface area contributed by atoms with Gasteiger partial charge in [0.15, 0.2) is 0 Å². The van der Waals surface area contributed by atoms with E-state index in [4.69, 9.17) is 0 Å². The molecule has 0 bridgehead atoms. The molecule has 0 saturated heterocycles. The summed E-state index contributed by atoms with van der Waals surface area (Å²) in [5.74, 6) is 1.28. The first-order chi connectivity index (χ1) is 10.3. The number of aliphatic hydroxyl groups is 2. The molecular weight excluding hydrogens is 320 g/mol. The van der Waals surface area contributed by atoms with E-state index in [1.807, 2.05) is 60.7 Å². The lowest BCUT2D eigenvalue weighted by Gasteiger charge is -2.11. The van der Waals surface area contributed by atoms with E-state index in [9.17, 15) is 10.2 Å². The lowest BCUT2D eigenvalue weighted by molar-refractivity contribution is 0.204. The zero-order chi connectivity index (χ0) is 14.9. The molecule has 2 aromatic rings. The van der Waals surface area contributed by atoms with Gasteiger partial charge in [0.1, 0.15) is 0 Å². The fourth-order valence-corrected chi connectivity index (χ4v) is 5.51. The predicted molar refractivity (Wildman–Crippen MR) is 95.3 cm³/mol. The molecule has 0 amide bonds. The molecular formula is C16H18O2S3. The molecule has 0 radical (unpaired) electrons. The second kappa shape index (κ2) is 9.43. The van der Waals surface area contributed by atoms with Crippen LogP contribution in [-0.4, -0.2) is 21.7 Å². The molecule has 0 spiro atoms. The van der Waals surface area contributed by atoms with E-state index in [0.717, 1.165) is 11.1 Å². The monoisotopic (exact) mass is 338 g/mol. The van der Waals surface area contributed by atoms with Gasteiger partial charge >= 0.3 is 0 Å². The van der Waals surface area contributed by atoms with Crippen LogP contribution in [0, 0.1) is 0 Å². The molecule has 2 N–H and O–H groups in total.